The SMILES string of the molecule is Oc1ccc(C(=C(c2ccccc2)C(F)(F)F)c2ccccc2)cc1. The number of allylic oxidation sites excluding steroid dienone is 1. The molecule has 4 heteroatoms. The van der Waals surface area contributed by atoms with Gasteiger partial charge in [0.15, 0.2) is 0 Å². The summed E-state index contributed by atoms with van der Waals surface area (Å²) < 4.78 is 42.0. The third-order valence-corrected chi connectivity index (χ3v) is 3.81. The minimum Gasteiger partial charge on any atom is -0.508 e. The molecule has 0 aliphatic rings. The van der Waals surface area contributed by atoms with Gasteiger partial charge in [-0.3, -0.25) is 0 Å². The molecule has 3 rings (SSSR count). The quantitative estimate of drug-likeness (QED) is 0.587. The van der Waals surface area contributed by atoms with Gasteiger partial charge in [0.2, 0.25) is 0 Å². The summed E-state index contributed by atoms with van der Waals surface area (Å²) >= 11 is 0. The van der Waals surface area contributed by atoms with Crippen molar-refractivity contribution in [3.05, 3.63) is 102 Å². The van der Waals surface area contributed by atoms with E-state index in [1.54, 1.807) is 48.5 Å². The molecule has 0 atom stereocenters. The zero-order valence-electron chi connectivity index (χ0n) is 13.2. The lowest BCUT2D eigenvalue weighted by atomic mass is 9.89. The topological polar surface area (TPSA) is 20.2 Å². The number of alkyl halides is 3. The van der Waals surface area contributed by atoms with Crippen molar-refractivity contribution >= 4 is 11.1 Å². The van der Waals surface area contributed by atoms with Crippen LogP contribution in [0.15, 0.2) is 84.9 Å². The van der Waals surface area contributed by atoms with Crippen LogP contribution < -0.4 is 0 Å². The van der Waals surface area contributed by atoms with E-state index in [9.17, 15) is 18.3 Å². The van der Waals surface area contributed by atoms with Gasteiger partial charge in [-0.1, -0.05) is 72.8 Å². The fourth-order valence-corrected chi connectivity index (χ4v) is 2.74. The van der Waals surface area contributed by atoms with Crippen LogP contribution in [0.4, 0.5) is 13.2 Å². The minimum atomic E-state index is -4.54. The molecule has 0 amide bonds. The van der Waals surface area contributed by atoms with Crippen molar-refractivity contribution in [3.63, 3.8) is 0 Å². The minimum absolute atomic E-state index is 0.00410. The Morgan fingerprint density at radius 1 is 0.600 bits per heavy atom. The molecule has 0 aromatic heterocycles. The summed E-state index contributed by atoms with van der Waals surface area (Å²) in [5.41, 5.74) is 0.329. The van der Waals surface area contributed by atoms with E-state index in [1.165, 1.54) is 36.4 Å². The molecule has 0 fully saturated rings. The van der Waals surface area contributed by atoms with Gasteiger partial charge in [-0.15, -0.1) is 0 Å². The van der Waals surface area contributed by atoms with Crippen molar-refractivity contribution in [3.8, 4) is 5.75 Å². The molecule has 0 saturated carbocycles. The summed E-state index contributed by atoms with van der Waals surface area (Å²) in [5, 5.41) is 9.49. The Morgan fingerprint density at radius 2 is 1.04 bits per heavy atom. The van der Waals surface area contributed by atoms with E-state index >= 15 is 0 Å². The molecule has 1 N–H and O–H groups in total. The lowest BCUT2D eigenvalue weighted by Gasteiger charge is -2.19. The van der Waals surface area contributed by atoms with Crippen molar-refractivity contribution in [2.45, 2.75) is 6.18 Å². The zero-order chi connectivity index (χ0) is 17.9. The molecule has 0 radical (unpaired) electrons. The molecule has 25 heavy (non-hydrogen) atoms. The van der Waals surface area contributed by atoms with Crippen LogP contribution in [0.25, 0.3) is 11.1 Å². The summed E-state index contributed by atoms with van der Waals surface area (Å²) in [6.07, 6.45) is -4.54. The van der Waals surface area contributed by atoms with Crippen molar-refractivity contribution in [2.24, 2.45) is 0 Å². The highest BCUT2D eigenvalue weighted by Gasteiger charge is 2.38. The molecule has 0 spiro atoms. The summed E-state index contributed by atoms with van der Waals surface area (Å²) in [4.78, 5) is 0. The van der Waals surface area contributed by atoms with Crippen LogP contribution in [0.2, 0.25) is 0 Å². The second kappa shape index (κ2) is 6.85. The zero-order valence-corrected chi connectivity index (χ0v) is 13.2. The molecule has 0 aliphatic heterocycles. The van der Waals surface area contributed by atoms with E-state index in [0.29, 0.717) is 11.1 Å². The van der Waals surface area contributed by atoms with Crippen molar-refractivity contribution in [1.82, 2.24) is 0 Å². The monoisotopic (exact) mass is 340 g/mol. The highest BCUT2D eigenvalue weighted by molar-refractivity contribution is 6.00. The van der Waals surface area contributed by atoms with Crippen LogP contribution in [0.3, 0.4) is 0 Å². The van der Waals surface area contributed by atoms with Gasteiger partial charge >= 0.3 is 6.18 Å². The third kappa shape index (κ3) is 3.74. The van der Waals surface area contributed by atoms with Crippen LogP contribution in [0, 0.1) is 0 Å². The van der Waals surface area contributed by atoms with Crippen LogP contribution in [-0.2, 0) is 0 Å². The maximum atomic E-state index is 14.0. The number of phenols is 1. The maximum Gasteiger partial charge on any atom is 0.417 e. The largest absolute Gasteiger partial charge is 0.508 e. The molecule has 3 aromatic rings. The van der Waals surface area contributed by atoms with Gasteiger partial charge in [0, 0.05) is 5.57 Å². The Hall–Kier alpha value is -3.01. The molecule has 126 valence electrons. The van der Waals surface area contributed by atoms with Gasteiger partial charge in [0.05, 0.1) is 5.57 Å². The number of rotatable bonds is 3. The average Bonchev–Trinajstić information content (AvgIpc) is 2.61. The number of aromatic hydroxyl groups is 1. The van der Waals surface area contributed by atoms with Crippen LogP contribution in [-0.4, -0.2) is 11.3 Å². The Bertz CT molecular complexity index is 865. The number of halogens is 3. The van der Waals surface area contributed by atoms with Gasteiger partial charge in [-0.05, 0) is 28.8 Å². The van der Waals surface area contributed by atoms with Crippen molar-refractivity contribution in [2.75, 3.05) is 0 Å². The molecule has 0 bridgehead atoms. The fraction of sp³-hybridized carbons (Fsp3) is 0.0476. The summed E-state index contributed by atoms with van der Waals surface area (Å²) in [6.45, 7) is 0. The van der Waals surface area contributed by atoms with E-state index in [1.807, 2.05) is 0 Å². The molecule has 0 heterocycles. The van der Waals surface area contributed by atoms with E-state index in [2.05, 4.69) is 0 Å². The predicted octanol–water partition coefficient (Wildman–Crippen LogP) is 5.91. The molecule has 1 nitrogen and oxygen atoms in total. The normalized spacial score (nSPS) is 12.6. The molecule has 3 aromatic carbocycles. The Morgan fingerprint density at radius 3 is 1.52 bits per heavy atom. The lowest BCUT2D eigenvalue weighted by Crippen LogP contribution is -2.13. The van der Waals surface area contributed by atoms with Gasteiger partial charge < -0.3 is 5.11 Å². The van der Waals surface area contributed by atoms with Gasteiger partial charge in [0.25, 0.3) is 0 Å². The standard InChI is InChI=1S/C21H15F3O/c22-21(23,24)20(17-9-5-2-6-10-17)19(15-7-3-1-4-8-15)16-11-13-18(25)14-12-16/h1-14,25H. The molecule has 0 unspecified atom stereocenters. The van der Waals surface area contributed by atoms with Crippen LogP contribution >= 0.6 is 0 Å². The average molecular weight is 340 g/mol. The molecular weight excluding hydrogens is 325 g/mol. The first-order valence-corrected chi connectivity index (χ1v) is 7.68. The maximum absolute atomic E-state index is 14.0. The molecular formula is C21H15F3O. The third-order valence-electron chi connectivity index (χ3n) is 3.81. The van der Waals surface area contributed by atoms with Crippen LogP contribution in [0.1, 0.15) is 16.7 Å². The Kier molecular flexibility index (Phi) is 4.61. The summed E-state index contributed by atoms with van der Waals surface area (Å²) in [6, 6.07) is 22.0. The van der Waals surface area contributed by atoms with Gasteiger partial charge in [-0.25, -0.2) is 0 Å². The van der Waals surface area contributed by atoms with Crippen LogP contribution in [0.5, 0.6) is 5.75 Å². The van der Waals surface area contributed by atoms with Gasteiger partial charge in [-0.2, -0.15) is 13.2 Å². The highest BCUT2D eigenvalue weighted by atomic mass is 19.4. The highest BCUT2D eigenvalue weighted by Crippen LogP contribution is 2.42. The summed E-state index contributed by atoms with van der Waals surface area (Å²) in [5.74, 6) is 0.00410. The van der Waals surface area contributed by atoms with E-state index in [-0.39, 0.29) is 16.9 Å². The predicted molar refractivity (Wildman–Crippen MR) is 93.0 cm³/mol. The van der Waals surface area contributed by atoms with Crippen molar-refractivity contribution < 1.29 is 18.3 Å². The second-order valence-corrected chi connectivity index (χ2v) is 5.53. The number of hydrogen-bond acceptors (Lipinski definition) is 1. The van der Waals surface area contributed by atoms with Crippen molar-refractivity contribution in [1.29, 1.82) is 0 Å². The van der Waals surface area contributed by atoms with E-state index < -0.39 is 11.7 Å². The first-order chi connectivity index (χ1) is 12.0. The molecule has 0 aliphatic carbocycles. The van der Waals surface area contributed by atoms with E-state index in [4.69, 9.17) is 0 Å². The second-order valence-electron chi connectivity index (χ2n) is 5.53. The fourth-order valence-electron chi connectivity index (χ4n) is 2.74. The first-order valence-electron chi connectivity index (χ1n) is 7.68. The Labute approximate surface area is 143 Å². The van der Waals surface area contributed by atoms with Gasteiger partial charge in [0.1, 0.15) is 5.75 Å². The number of phenolic OH excluding ortho intramolecular Hbond substituents is 1. The lowest BCUT2D eigenvalue weighted by molar-refractivity contribution is -0.0685. The first kappa shape index (κ1) is 16.8. The number of hydrogen-bond donors (Lipinski definition) is 1. The molecule has 0 saturated heterocycles. The Balaban J connectivity index is 2.37. The summed E-state index contributed by atoms with van der Waals surface area (Å²) in [7, 11) is 0. The van der Waals surface area contributed by atoms with E-state index in [0.717, 1.165) is 0 Å². The smallest absolute Gasteiger partial charge is 0.417 e. The number of benzene rings is 3.